The Kier molecular flexibility index (Phi) is 6.35. The monoisotopic (exact) mass is 413 g/mol. The molecule has 1 heterocycles. The predicted molar refractivity (Wildman–Crippen MR) is 93.2 cm³/mol. The third-order valence-corrected chi connectivity index (χ3v) is 3.90. The van der Waals surface area contributed by atoms with Crippen LogP contribution in [-0.2, 0) is 11.2 Å². The van der Waals surface area contributed by atoms with Crippen LogP contribution in [0.25, 0.3) is 11.4 Å². The second-order valence-electron chi connectivity index (χ2n) is 5.55. The minimum atomic E-state index is 0.0228. The van der Waals surface area contributed by atoms with Gasteiger partial charge in [-0.1, -0.05) is 31.1 Å². The van der Waals surface area contributed by atoms with Gasteiger partial charge in [-0.25, -0.2) is 0 Å². The third kappa shape index (κ3) is 5.40. The van der Waals surface area contributed by atoms with Crippen molar-refractivity contribution >= 4 is 28.5 Å². The van der Waals surface area contributed by atoms with Gasteiger partial charge in [0.1, 0.15) is 0 Å². The number of aryl methyl sites for hydroxylation is 1. The molecule has 1 aromatic carbocycles. The highest BCUT2D eigenvalue weighted by Gasteiger charge is 2.10. The summed E-state index contributed by atoms with van der Waals surface area (Å²) in [5, 5.41) is 6.86. The van der Waals surface area contributed by atoms with Gasteiger partial charge in [-0.15, -0.1) is 0 Å². The summed E-state index contributed by atoms with van der Waals surface area (Å²) in [4.78, 5) is 16.0. The summed E-state index contributed by atoms with van der Waals surface area (Å²) < 4.78 is 6.36. The Morgan fingerprint density at radius 1 is 1.32 bits per heavy atom. The van der Waals surface area contributed by atoms with Crippen LogP contribution in [0.3, 0.4) is 0 Å². The van der Waals surface area contributed by atoms with Gasteiger partial charge >= 0.3 is 0 Å². The highest BCUT2D eigenvalue weighted by Crippen LogP contribution is 2.17. The molecule has 0 saturated carbocycles. The molecule has 1 aromatic heterocycles. The molecule has 0 radical (unpaired) electrons. The minimum absolute atomic E-state index is 0.0228. The SMILES string of the molecule is CC(C)CCNC(=O)CCc1nc(-c2ccc(I)cc2)no1. The Hall–Kier alpha value is -1.44. The fraction of sp³-hybridized carbons (Fsp3) is 0.438. The molecule has 118 valence electrons. The molecule has 2 aromatic rings. The smallest absolute Gasteiger partial charge is 0.227 e. The van der Waals surface area contributed by atoms with Crippen molar-refractivity contribution in [3.63, 3.8) is 0 Å². The van der Waals surface area contributed by atoms with E-state index in [1.165, 1.54) is 0 Å². The second kappa shape index (κ2) is 8.26. The molecule has 1 amide bonds. The number of benzene rings is 1. The lowest BCUT2D eigenvalue weighted by Gasteiger charge is -2.05. The van der Waals surface area contributed by atoms with Crippen LogP contribution in [0, 0.1) is 9.49 Å². The number of halogens is 1. The van der Waals surface area contributed by atoms with Crippen LogP contribution >= 0.6 is 22.6 Å². The molecule has 0 fully saturated rings. The molecule has 6 heteroatoms. The first-order valence-electron chi connectivity index (χ1n) is 7.40. The molecule has 0 aliphatic heterocycles. The molecule has 5 nitrogen and oxygen atoms in total. The van der Waals surface area contributed by atoms with E-state index in [4.69, 9.17) is 4.52 Å². The zero-order valence-corrected chi connectivity index (χ0v) is 15.0. The van der Waals surface area contributed by atoms with Crippen molar-refractivity contribution in [1.29, 1.82) is 0 Å². The lowest BCUT2D eigenvalue weighted by atomic mass is 10.1. The number of aromatic nitrogens is 2. The quantitative estimate of drug-likeness (QED) is 0.707. The van der Waals surface area contributed by atoms with Crippen LogP contribution in [0.5, 0.6) is 0 Å². The van der Waals surface area contributed by atoms with Crippen LogP contribution in [0.2, 0.25) is 0 Å². The zero-order valence-electron chi connectivity index (χ0n) is 12.8. The average molecular weight is 413 g/mol. The number of hydrogen-bond acceptors (Lipinski definition) is 4. The molecule has 1 N–H and O–H groups in total. The zero-order chi connectivity index (χ0) is 15.9. The molecule has 0 aliphatic carbocycles. The fourth-order valence-electron chi connectivity index (χ4n) is 1.88. The summed E-state index contributed by atoms with van der Waals surface area (Å²) in [6.07, 6.45) is 1.82. The molecular formula is C16H20IN3O2. The topological polar surface area (TPSA) is 68.0 Å². The van der Waals surface area contributed by atoms with Crippen molar-refractivity contribution in [3.8, 4) is 11.4 Å². The highest BCUT2D eigenvalue weighted by atomic mass is 127. The van der Waals surface area contributed by atoms with Gasteiger partial charge in [-0.05, 0) is 47.1 Å². The number of rotatable bonds is 7. The van der Waals surface area contributed by atoms with E-state index in [1.807, 2.05) is 24.3 Å². The minimum Gasteiger partial charge on any atom is -0.356 e. The van der Waals surface area contributed by atoms with Crippen molar-refractivity contribution < 1.29 is 9.32 Å². The van der Waals surface area contributed by atoms with E-state index in [-0.39, 0.29) is 5.91 Å². The van der Waals surface area contributed by atoms with Crippen LogP contribution in [0.4, 0.5) is 0 Å². The highest BCUT2D eigenvalue weighted by molar-refractivity contribution is 14.1. The molecule has 0 bridgehead atoms. The van der Waals surface area contributed by atoms with Crippen molar-refractivity contribution in [3.05, 3.63) is 33.7 Å². The first-order valence-corrected chi connectivity index (χ1v) is 8.47. The standard InChI is InChI=1S/C16H20IN3O2/c1-11(2)9-10-18-14(21)7-8-15-19-16(20-22-15)12-3-5-13(17)6-4-12/h3-6,11H,7-10H2,1-2H3,(H,18,21). The van der Waals surface area contributed by atoms with Crippen LogP contribution < -0.4 is 5.32 Å². The van der Waals surface area contributed by atoms with Crippen molar-refractivity contribution in [1.82, 2.24) is 15.5 Å². The van der Waals surface area contributed by atoms with E-state index in [2.05, 4.69) is 51.9 Å². The number of nitrogens with one attached hydrogen (secondary N) is 1. The van der Waals surface area contributed by atoms with Crippen LogP contribution in [0.1, 0.15) is 32.6 Å². The molecule has 0 saturated heterocycles. The van der Waals surface area contributed by atoms with E-state index in [1.54, 1.807) is 0 Å². The molecule has 0 unspecified atom stereocenters. The fourth-order valence-corrected chi connectivity index (χ4v) is 2.24. The van der Waals surface area contributed by atoms with Gasteiger partial charge < -0.3 is 9.84 Å². The molecule has 0 spiro atoms. The van der Waals surface area contributed by atoms with Gasteiger partial charge in [0, 0.05) is 28.5 Å². The Morgan fingerprint density at radius 2 is 2.05 bits per heavy atom. The van der Waals surface area contributed by atoms with Crippen LogP contribution in [-0.4, -0.2) is 22.6 Å². The summed E-state index contributed by atoms with van der Waals surface area (Å²) >= 11 is 2.25. The van der Waals surface area contributed by atoms with E-state index in [0.717, 1.165) is 15.6 Å². The lowest BCUT2D eigenvalue weighted by molar-refractivity contribution is -0.121. The average Bonchev–Trinajstić information content (AvgIpc) is 2.94. The molecule has 0 atom stereocenters. The Morgan fingerprint density at radius 3 is 2.73 bits per heavy atom. The Balaban J connectivity index is 1.82. The van der Waals surface area contributed by atoms with E-state index < -0.39 is 0 Å². The van der Waals surface area contributed by atoms with E-state index in [9.17, 15) is 4.79 Å². The normalized spacial score (nSPS) is 10.9. The van der Waals surface area contributed by atoms with Crippen molar-refractivity contribution in [2.75, 3.05) is 6.54 Å². The molecule has 22 heavy (non-hydrogen) atoms. The second-order valence-corrected chi connectivity index (χ2v) is 6.80. The van der Waals surface area contributed by atoms with E-state index in [0.29, 0.717) is 37.0 Å². The lowest BCUT2D eigenvalue weighted by Crippen LogP contribution is -2.25. The maximum Gasteiger partial charge on any atom is 0.227 e. The van der Waals surface area contributed by atoms with Gasteiger partial charge in [0.2, 0.25) is 17.6 Å². The number of nitrogens with zero attached hydrogens (tertiary/aromatic N) is 2. The van der Waals surface area contributed by atoms with Crippen LogP contribution in [0.15, 0.2) is 28.8 Å². The number of hydrogen-bond donors (Lipinski definition) is 1. The summed E-state index contributed by atoms with van der Waals surface area (Å²) in [5.74, 6) is 1.67. The van der Waals surface area contributed by atoms with Crippen molar-refractivity contribution in [2.24, 2.45) is 5.92 Å². The first kappa shape index (κ1) is 16.9. The molecular weight excluding hydrogens is 393 g/mol. The van der Waals surface area contributed by atoms with Gasteiger partial charge in [-0.2, -0.15) is 4.98 Å². The summed E-state index contributed by atoms with van der Waals surface area (Å²) in [5.41, 5.74) is 0.914. The van der Waals surface area contributed by atoms with E-state index >= 15 is 0 Å². The van der Waals surface area contributed by atoms with Crippen molar-refractivity contribution in [2.45, 2.75) is 33.1 Å². The third-order valence-electron chi connectivity index (χ3n) is 3.18. The van der Waals surface area contributed by atoms with Gasteiger partial charge in [0.25, 0.3) is 0 Å². The molecule has 2 rings (SSSR count). The van der Waals surface area contributed by atoms with Gasteiger partial charge in [0.05, 0.1) is 0 Å². The first-order chi connectivity index (χ1) is 10.5. The maximum atomic E-state index is 11.7. The summed E-state index contributed by atoms with van der Waals surface area (Å²) in [7, 11) is 0. The largest absolute Gasteiger partial charge is 0.356 e. The summed E-state index contributed by atoms with van der Waals surface area (Å²) in [6, 6.07) is 7.90. The number of carbonyl (C=O) groups is 1. The van der Waals surface area contributed by atoms with Gasteiger partial charge in [-0.3, -0.25) is 4.79 Å². The van der Waals surface area contributed by atoms with Gasteiger partial charge in [0.15, 0.2) is 0 Å². The Labute approximate surface area is 144 Å². The summed E-state index contributed by atoms with van der Waals surface area (Å²) in [6.45, 7) is 4.99. The maximum absolute atomic E-state index is 11.7. The Bertz CT molecular complexity index is 608. The number of amides is 1. The predicted octanol–water partition coefficient (Wildman–Crippen LogP) is 3.44. The number of carbonyl (C=O) groups excluding carboxylic acids is 1. The molecule has 0 aliphatic rings.